The van der Waals surface area contributed by atoms with Gasteiger partial charge < -0.3 is 19.9 Å². The van der Waals surface area contributed by atoms with Crippen LogP contribution in [0.4, 0.5) is 0 Å². The minimum Gasteiger partial charge on any atom is -0.496 e. The van der Waals surface area contributed by atoms with Gasteiger partial charge in [0.2, 0.25) is 0 Å². The quantitative estimate of drug-likeness (QED) is 0.626. The van der Waals surface area contributed by atoms with E-state index in [4.69, 9.17) is 25.4 Å². The number of methoxy groups -OCH3 is 1. The third-order valence-corrected chi connectivity index (χ3v) is 3.21. The van der Waals surface area contributed by atoms with Crippen molar-refractivity contribution in [2.75, 3.05) is 20.3 Å². The van der Waals surface area contributed by atoms with E-state index in [1.165, 1.54) is 0 Å². The molecule has 1 fully saturated rings. The molecule has 0 amide bonds. The molecule has 1 aromatic rings. The largest absolute Gasteiger partial charge is 0.496 e. The number of rotatable bonds is 5. The molecule has 2 rings (SSSR count). The van der Waals surface area contributed by atoms with Gasteiger partial charge in [-0.1, -0.05) is 6.07 Å². The van der Waals surface area contributed by atoms with Gasteiger partial charge in [-0.3, -0.25) is 5.41 Å². The van der Waals surface area contributed by atoms with Crippen LogP contribution in [0.5, 0.6) is 5.75 Å². The van der Waals surface area contributed by atoms with Crippen molar-refractivity contribution in [1.29, 1.82) is 5.41 Å². The Morgan fingerprint density at radius 2 is 2.16 bits per heavy atom. The van der Waals surface area contributed by atoms with Crippen molar-refractivity contribution in [1.82, 2.24) is 0 Å². The first-order valence-electron chi connectivity index (χ1n) is 6.41. The molecule has 0 atom stereocenters. The van der Waals surface area contributed by atoms with Crippen LogP contribution in [0.2, 0.25) is 0 Å². The molecular formula is C14H20N2O3. The van der Waals surface area contributed by atoms with Crippen molar-refractivity contribution in [3.05, 3.63) is 29.3 Å². The molecule has 0 aliphatic carbocycles. The van der Waals surface area contributed by atoms with Crippen LogP contribution in [0.3, 0.4) is 0 Å². The summed E-state index contributed by atoms with van der Waals surface area (Å²) in [5.41, 5.74) is 7.15. The molecule has 1 heterocycles. The van der Waals surface area contributed by atoms with Gasteiger partial charge >= 0.3 is 0 Å². The van der Waals surface area contributed by atoms with E-state index in [9.17, 15) is 0 Å². The van der Waals surface area contributed by atoms with Gasteiger partial charge in [-0.25, -0.2) is 0 Å². The lowest BCUT2D eigenvalue weighted by Gasteiger charge is -2.22. The first-order valence-corrected chi connectivity index (χ1v) is 6.41. The molecule has 3 N–H and O–H groups in total. The van der Waals surface area contributed by atoms with Crippen molar-refractivity contribution in [2.24, 2.45) is 5.73 Å². The molecule has 1 aliphatic rings. The Balaban J connectivity index is 2.00. The lowest BCUT2D eigenvalue weighted by molar-refractivity contribution is -0.0390. The maximum absolute atomic E-state index is 7.54. The maximum atomic E-state index is 7.54. The van der Waals surface area contributed by atoms with Crippen LogP contribution in [0.15, 0.2) is 18.2 Å². The highest BCUT2D eigenvalue weighted by Gasteiger charge is 2.14. The summed E-state index contributed by atoms with van der Waals surface area (Å²) in [5.74, 6) is 0.618. The van der Waals surface area contributed by atoms with Gasteiger partial charge in [0.15, 0.2) is 0 Å². The Labute approximate surface area is 113 Å². The van der Waals surface area contributed by atoms with Gasteiger partial charge in [-0.05, 0) is 30.5 Å². The number of nitrogens with two attached hydrogens (primary N) is 1. The third kappa shape index (κ3) is 3.68. The van der Waals surface area contributed by atoms with Gasteiger partial charge in [0.25, 0.3) is 0 Å². The fraction of sp³-hybridized carbons (Fsp3) is 0.500. The Kier molecular flexibility index (Phi) is 4.76. The molecule has 0 aromatic heterocycles. The second-order valence-corrected chi connectivity index (χ2v) is 4.57. The van der Waals surface area contributed by atoms with Crippen molar-refractivity contribution in [3.8, 4) is 5.75 Å². The summed E-state index contributed by atoms with van der Waals surface area (Å²) in [6, 6.07) is 5.60. The highest BCUT2D eigenvalue weighted by molar-refractivity contribution is 5.97. The molecular weight excluding hydrogens is 244 g/mol. The summed E-state index contributed by atoms with van der Waals surface area (Å²) in [6.07, 6.45) is 2.14. The molecule has 0 saturated carbocycles. The van der Waals surface area contributed by atoms with Gasteiger partial charge in [-0.15, -0.1) is 0 Å². The Morgan fingerprint density at radius 3 is 2.79 bits per heavy atom. The fourth-order valence-corrected chi connectivity index (χ4v) is 2.11. The van der Waals surface area contributed by atoms with Crippen molar-refractivity contribution >= 4 is 5.84 Å². The predicted molar refractivity (Wildman–Crippen MR) is 72.6 cm³/mol. The molecule has 0 unspecified atom stereocenters. The van der Waals surface area contributed by atoms with Crippen molar-refractivity contribution in [2.45, 2.75) is 25.6 Å². The van der Waals surface area contributed by atoms with Gasteiger partial charge in [0, 0.05) is 13.2 Å². The number of nitrogens with one attached hydrogen (secondary N) is 1. The lowest BCUT2D eigenvalue weighted by Crippen LogP contribution is -2.23. The molecule has 1 aliphatic heterocycles. The number of hydrogen-bond donors (Lipinski definition) is 2. The van der Waals surface area contributed by atoms with E-state index in [0.717, 1.165) is 31.6 Å². The van der Waals surface area contributed by atoms with Crippen LogP contribution in [-0.4, -0.2) is 32.3 Å². The van der Waals surface area contributed by atoms with Gasteiger partial charge in [0.1, 0.15) is 11.6 Å². The number of benzene rings is 1. The average molecular weight is 264 g/mol. The van der Waals surface area contributed by atoms with E-state index >= 15 is 0 Å². The highest BCUT2D eigenvalue weighted by atomic mass is 16.5. The van der Waals surface area contributed by atoms with E-state index in [2.05, 4.69) is 0 Å². The number of ether oxygens (including phenoxy) is 3. The second-order valence-electron chi connectivity index (χ2n) is 4.57. The van der Waals surface area contributed by atoms with Crippen LogP contribution in [0.1, 0.15) is 24.0 Å². The zero-order valence-corrected chi connectivity index (χ0v) is 11.1. The molecule has 1 aromatic carbocycles. The minimum atomic E-state index is 0.00441. The van der Waals surface area contributed by atoms with E-state index in [1.807, 2.05) is 18.2 Å². The Morgan fingerprint density at radius 1 is 1.42 bits per heavy atom. The molecule has 0 spiro atoms. The summed E-state index contributed by atoms with van der Waals surface area (Å²) in [5, 5.41) is 7.54. The van der Waals surface area contributed by atoms with Crippen LogP contribution in [0.25, 0.3) is 0 Å². The van der Waals surface area contributed by atoms with Crippen molar-refractivity contribution < 1.29 is 14.2 Å². The normalized spacial score (nSPS) is 16.3. The van der Waals surface area contributed by atoms with Crippen LogP contribution >= 0.6 is 0 Å². The van der Waals surface area contributed by atoms with E-state index in [1.54, 1.807) is 7.11 Å². The summed E-state index contributed by atoms with van der Waals surface area (Å²) in [6.45, 7) is 2.06. The summed E-state index contributed by atoms with van der Waals surface area (Å²) in [7, 11) is 1.57. The van der Waals surface area contributed by atoms with Gasteiger partial charge in [0.05, 0.1) is 25.4 Å². The maximum Gasteiger partial charge on any atom is 0.129 e. The average Bonchev–Trinajstić information content (AvgIpc) is 2.46. The molecule has 19 heavy (non-hydrogen) atoms. The summed E-state index contributed by atoms with van der Waals surface area (Å²) in [4.78, 5) is 0. The smallest absolute Gasteiger partial charge is 0.129 e. The summed E-state index contributed by atoms with van der Waals surface area (Å²) < 4.78 is 16.3. The van der Waals surface area contributed by atoms with Crippen LogP contribution in [-0.2, 0) is 16.1 Å². The van der Waals surface area contributed by atoms with E-state index < -0.39 is 0 Å². The molecule has 0 bridgehead atoms. The molecule has 5 heteroatoms. The summed E-state index contributed by atoms with van der Waals surface area (Å²) >= 11 is 0. The fourth-order valence-electron chi connectivity index (χ4n) is 2.11. The monoisotopic (exact) mass is 264 g/mol. The predicted octanol–water partition coefficient (Wildman–Crippen LogP) is 1.67. The molecule has 104 valence electrons. The first-order chi connectivity index (χ1) is 9.20. The lowest BCUT2D eigenvalue weighted by atomic mass is 10.1. The second kappa shape index (κ2) is 6.54. The Bertz CT molecular complexity index is 442. The zero-order valence-electron chi connectivity index (χ0n) is 11.1. The van der Waals surface area contributed by atoms with E-state index in [0.29, 0.717) is 17.9 Å². The first kappa shape index (κ1) is 13.8. The number of hydrogen-bond acceptors (Lipinski definition) is 4. The zero-order chi connectivity index (χ0) is 13.7. The van der Waals surface area contributed by atoms with Crippen LogP contribution < -0.4 is 10.5 Å². The topological polar surface area (TPSA) is 77.6 Å². The van der Waals surface area contributed by atoms with Crippen molar-refractivity contribution in [3.63, 3.8) is 0 Å². The van der Waals surface area contributed by atoms with Gasteiger partial charge in [-0.2, -0.15) is 0 Å². The van der Waals surface area contributed by atoms with Crippen LogP contribution in [0, 0.1) is 5.41 Å². The standard InChI is InChI=1S/C14H20N2O3/c1-17-13-3-2-10(8-12(13)14(15)16)9-19-11-4-6-18-7-5-11/h2-3,8,11H,4-7,9H2,1H3,(H3,15,16). The minimum absolute atomic E-state index is 0.00441. The SMILES string of the molecule is COc1ccc(COC2CCOCC2)cc1C(=N)N. The van der Waals surface area contributed by atoms with E-state index in [-0.39, 0.29) is 11.9 Å². The molecule has 0 radical (unpaired) electrons. The highest BCUT2D eigenvalue weighted by Crippen LogP contribution is 2.21. The molecule has 5 nitrogen and oxygen atoms in total. The third-order valence-electron chi connectivity index (χ3n) is 3.21. The number of nitrogen functional groups attached to an aromatic ring is 1. The molecule has 1 saturated heterocycles. The number of amidine groups is 1. The Hall–Kier alpha value is -1.59.